The average Bonchev–Trinajstić information content (AvgIpc) is 3.11. The molecule has 0 radical (unpaired) electrons. The fourth-order valence-corrected chi connectivity index (χ4v) is 5.06. The van der Waals surface area contributed by atoms with Crippen molar-refractivity contribution in [3.8, 4) is 0 Å². The molecule has 0 N–H and O–H groups in total. The number of carbonyl (C=O) groups is 2. The first-order chi connectivity index (χ1) is 12.6. The molecule has 4 rings (SSSR count). The predicted molar refractivity (Wildman–Crippen MR) is 100 cm³/mol. The van der Waals surface area contributed by atoms with Crippen molar-refractivity contribution in [3.63, 3.8) is 0 Å². The highest BCUT2D eigenvalue weighted by Gasteiger charge is 2.43. The molecule has 1 aromatic rings. The van der Waals surface area contributed by atoms with E-state index in [1.54, 1.807) is 14.0 Å². The molecule has 2 amide bonds. The first-order valence-corrected chi connectivity index (χ1v) is 9.77. The number of methoxy groups -OCH3 is 1. The number of rotatable bonds is 2. The van der Waals surface area contributed by atoms with Gasteiger partial charge in [0, 0.05) is 57.1 Å². The molecule has 140 valence electrons. The minimum Gasteiger partial charge on any atom is -0.381 e. The van der Waals surface area contributed by atoms with Gasteiger partial charge in [-0.1, -0.05) is 24.6 Å². The summed E-state index contributed by atoms with van der Waals surface area (Å²) in [6.07, 6.45) is 4.07. The Morgan fingerprint density at radius 2 is 1.92 bits per heavy atom. The lowest BCUT2D eigenvalue weighted by Crippen LogP contribution is -2.45. The van der Waals surface area contributed by atoms with E-state index in [1.807, 2.05) is 21.9 Å². The topological polar surface area (TPSA) is 49.9 Å². The van der Waals surface area contributed by atoms with E-state index < -0.39 is 0 Å². The summed E-state index contributed by atoms with van der Waals surface area (Å²) in [6.45, 7) is 3.88. The number of likely N-dealkylation sites (tertiary alicyclic amines) is 1. The maximum atomic E-state index is 13.4. The van der Waals surface area contributed by atoms with Gasteiger partial charge in [0.05, 0.1) is 6.10 Å². The van der Waals surface area contributed by atoms with Crippen molar-refractivity contribution in [2.75, 3.05) is 31.6 Å². The molecule has 3 aliphatic rings. The highest BCUT2D eigenvalue weighted by atomic mass is 16.5. The summed E-state index contributed by atoms with van der Waals surface area (Å²) in [5.74, 6) is 1.09. The maximum absolute atomic E-state index is 13.4. The number of ether oxygens (including phenoxy) is 1. The van der Waals surface area contributed by atoms with Crippen molar-refractivity contribution in [1.29, 1.82) is 0 Å². The molecule has 2 heterocycles. The number of para-hydroxylation sites is 1. The fraction of sp³-hybridized carbons (Fsp3) is 0.619. The second kappa shape index (κ2) is 7.03. The van der Waals surface area contributed by atoms with Crippen LogP contribution < -0.4 is 4.90 Å². The number of nitrogens with zero attached hydrogens (tertiary/aromatic N) is 2. The van der Waals surface area contributed by atoms with Crippen LogP contribution in [0.4, 0.5) is 5.69 Å². The first-order valence-electron chi connectivity index (χ1n) is 9.77. The summed E-state index contributed by atoms with van der Waals surface area (Å²) in [4.78, 5) is 29.2. The molecule has 1 aliphatic carbocycles. The van der Waals surface area contributed by atoms with Gasteiger partial charge < -0.3 is 14.5 Å². The van der Waals surface area contributed by atoms with Crippen LogP contribution in [-0.2, 0) is 14.3 Å². The Bertz CT molecular complexity index is 704. The molecule has 0 bridgehead atoms. The average molecular weight is 356 g/mol. The van der Waals surface area contributed by atoms with E-state index in [0.717, 1.165) is 51.0 Å². The molecule has 4 atom stereocenters. The lowest BCUT2D eigenvalue weighted by molar-refractivity contribution is -0.127. The Labute approximate surface area is 155 Å². The Balaban J connectivity index is 1.60. The minimum absolute atomic E-state index is 0.0450. The number of fused-ring (bicyclic) bond motifs is 3. The summed E-state index contributed by atoms with van der Waals surface area (Å²) in [7, 11) is 1.74. The summed E-state index contributed by atoms with van der Waals surface area (Å²) in [6, 6.07) is 8.25. The van der Waals surface area contributed by atoms with Crippen LogP contribution in [0.1, 0.15) is 44.1 Å². The molecule has 5 nitrogen and oxygen atoms in total. The number of carbonyl (C=O) groups excluding carboxylic acids is 2. The Morgan fingerprint density at radius 3 is 2.69 bits per heavy atom. The molecule has 2 aliphatic heterocycles. The van der Waals surface area contributed by atoms with Crippen LogP contribution >= 0.6 is 0 Å². The van der Waals surface area contributed by atoms with Crippen molar-refractivity contribution in [2.45, 2.75) is 44.6 Å². The van der Waals surface area contributed by atoms with Crippen molar-refractivity contribution in [3.05, 3.63) is 29.8 Å². The van der Waals surface area contributed by atoms with Crippen LogP contribution in [0.2, 0.25) is 0 Å². The normalized spacial score (nSPS) is 30.7. The molecule has 0 aromatic heterocycles. The van der Waals surface area contributed by atoms with E-state index in [9.17, 15) is 9.59 Å². The van der Waals surface area contributed by atoms with Crippen molar-refractivity contribution in [2.24, 2.45) is 11.8 Å². The number of hydrogen-bond donors (Lipinski definition) is 0. The monoisotopic (exact) mass is 356 g/mol. The van der Waals surface area contributed by atoms with Crippen molar-refractivity contribution in [1.82, 2.24) is 4.90 Å². The highest BCUT2D eigenvalue weighted by Crippen LogP contribution is 2.44. The van der Waals surface area contributed by atoms with Gasteiger partial charge in [0.25, 0.3) is 0 Å². The Morgan fingerprint density at radius 1 is 1.12 bits per heavy atom. The Kier molecular flexibility index (Phi) is 4.74. The summed E-state index contributed by atoms with van der Waals surface area (Å²) in [5.41, 5.74) is 2.27. The van der Waals surface area contributed by atoms with Gasteiger partial charge in [-0.05, 0) is 30.9 Å². The van der Waals surface area contributed by atoms with E-state index >= 15 is 0 Å². The second-order valence-corrected chi connectivity index (χ2v) is 8.02. The van der Waals surface area contributed by atoms with E-state index in [4.69, 9.17) is 4.74 Å². The smallest absolute Gasteiger partial charge is 0.230 e. The van der Waals surface area contributed by atoms with Crippen LogP contribution in [0.15, 0.2) is 24.3 Å². The molecule has 26 heavy (non-hydrogen) atoms. The third kappa shape index (κ3) is 3.02. The standard InChI is InChI=1S/C21H28N2O3/c1-14(24)22-11-16-12-23(20-9-4-3-8-18(20)19(16)13-22)21(25)15-6-5-7-17(10-15)26-2/h3-4,8-9,15-17,19H,5-7,10-13H2,1-2H3. The molecule has 4 unspecified atom stereocenters. The van der Waals surface area contributed by atoms with Crippen LogP contribution in [-0.4, -0.2) is 49.6 Å². The summed E-state index contributed by atoms with van der Waals surface area (Å²) < 4.78 is 5.52. The van der Waals surface area contributed by atoms with Gasteiger partial charge in [-0.2, -0.15) is 0 Å². The fourth-order valence-electron chi connectivity index (χ4n) is 5.06. The zero-order valence-corrected chi connectivity index (χ0v) is 15.7. The summed E-state index contributed by atoms with van der Waals surface area (Å²) in [5, 5.41) is 0. The van der Waals surface area contributed by atoms with E-state index in [2.05, 4.69) is 12.1 Å². The van der Waals surface area contributed by atoms with Crippen LogP contribution in [0, 0.1) is 11.8 Å². The quantitative estimate of drug-likeness (QED) is 0.819. The zero-order valence-electron chi connectivity index (χ0n) is 15.7. The molecular formula is C21H28N2O3. The van der Waals surface area contributed by atoms with E-state index in [-0.39, 0.29) is 23.8 Å². The van der Waals surface area contributed by atoms with Crippen molar-refractivity contribution >= 4 is 17.5 Å². The van der Waals surface area contributed by atoms with Gasteiger partial charge in [-0.25, -0.2) is 0 Å². The largest absolute Gasteiger partial charge is 0.381 e. The summed E-state index contributed by atoms with van der Waals surface area (Å²) >= 11 is 0. The molecule has 1 saturated heterocycles. The number of benzene rings is 1. The zero-order chi connectivity index (χ0) is 18.3. The van der Waals surface area contributed by atoms with E-state index in [1.165, 1.54) is 5.56 Å². The van der Waals surface area contributed by atoms with Gasteiger partial charge in [0.2, 0.25) is 11.8 Å². The lowest BCUT2D eigenvalue weighted by Gasteiger charge is -2.39. The van der Waals surface area contributed by atoms with Gasteiger partial charge in [-0.3, -0.25) is 9.59 Å². The first kappa shape index (κ1) is 17.5. The number of anilines is 1. The van der Waals surface area contributed by atoms with Crippen LogP contribution in [0.25, 0.3) is 0 Å². The molecule has 0 spiro atoms. The Hall–Kier alpha value is -1.88. The molecular weight excluding hydrogens is 328 g/mol. The number of amides is 2. The molecule has 1 aromatic carbocycles. The molecule has 1 saturated carbocycles. The van der Waals surface area contributed by atoms with Gasteiger partial charge in [-0.15, -0.1) is 0 Å². The molecule has 5 heteroatoms. The maximum Gasteiger partial charge on any atom is 0.230 e. The van der Waals surface area contributed by atoms with E-state index in [0.29, 0.717) is 11.8 Å². The van der Waals surface area contributed by atoms with Gasteiger partial charge in [0.1, 0.15) is 0 Å². The van der Waals surface area contributed by atoms with Gasteiger partial charge >= 0.3 is 0 Å². The lowest BCUT2D eigenvalue weighted by atomic mass is 9.81. The highest BCUT2D eigenvalue weighted by molar-refractivity contribution is 5.96. The third-order valence-corrected chi connectivity index (χ3v) is 6.51. The van der Waals surface area contributed by atoms with Crippen molar-refractivity contribution < 1.29 is 14.3 Å². The predicted octanol–water partition coefficient (Wildman–Crippen LogP) is 2.80. The number of hydrogen-bond acceptors (Lipinski definition) is 3. The van der Waals surface area contributed by atoms with Gasteiger partial charge in [0.15, 0.2) is 0 Å². The van der Waals surface area contributed by atoms with Crippen LogP contribution in [0.5, 0.6) is 0 Å². The van der Waals surface area contributed by atoms with Crippen LogP contribution in [0.3, 0.4) is 0 Å². The SMILES string of the molecule is COC1CCCC(C(=O)N2CC3CN(C(C)=O)CC3c3ccccc32)C1. The molecule has 2 fully saturated rings. The second-order valence-electron chi connectivity index (χ2n) is 8.02. The minimum atomic E-state index is 0.0450. The third-order valence-electron chi connectivity index (χ3n) is 6.51.